The van der Waals surface area contributed by atoms with Crippen molar-refractivity contribution in [1.82, 2.24) is 0 Å². The summed E-state index contributed by atoms with van der Waals surface area (Å²) in [5, 5.41) is 0. The average molecular weight is 321 g/mol. The molecule has 1 nitrogen and oxygen atoms in total. The lowest BCUT2D eigenvalue weighted by Gasteiger charge is -2.18. The van der Waals surface area contributed by atoms with Gasteiger partial charge in [0, 0.05) is 0 Å². The highest BCUT2D eigenvalue weighted by molar-refractivity contribution is 9.05. The predicted molar refractivity (Wildman–Crippen MR) is 87.0 cm³/mol. The standard InChI is InChI=1S/C16H35BrN/c1-4-5-6-7-8-9-10-11-12-13-14-15-16-18(2,3)17/h4-16H2,1-3H3/q+1. The molecule has 0 heterocycles. The van der Waals surface area contributed by atoms with Crippen molar-refractivity contribution >= 4 is 16.1 Å². The molecule has 0 atom stereocenters. The summed E-state index contributed by atoms with van der Waals surface area (Å²) in [4.78, 5) is 0. The molecule has 0 aromatic rings. The Morgan fingerprint density at radius 2 is 0.944 bits per heavy atom. The summed E-state index contributed by atoms with van der Waals surface area (Å²) in [6, 6.07) is 0. The van der Waals surface area contributed by atoms with Gasteiger partial charge in [0.2, 0.25) is 16.1 Å². The number of unbranched alkanes of at least 4 members (excludes halogenated alkanes) is 11. The SMILES string of the molecule is CCCCCCCCCCCCCC[N+](C)(C)Br. The minimum Gasteiger partial charge on any atom is -0.261 e. The molecule has 0 radical (unpaired) electrons. The number of nitrogens with zero attached hydrogens (tertiary/aromatic N) is 1. The number of quaternary nitrogens is 1. The van der Waals surface area contributed by atoms with E-state index in [4.69, 9.17) is 0 Å². The fourth-order valence-electron chi connectivity index (χ4n) is 2.33. The zero-order chi connectivity index (χ0) is 13.7. The van der Waals surface area contributed by atoms with Gasteiger partial charge in [-0.2, -0.15) is 0 Å². The Kier molecular flexibility index (Phi) is 12.8. The lowest BCUT2D eigenvalue weighted by Crippen LogP contribution is -2.27. The Hall–Kier alpha value is 0.440. The Labute approximate surface area is 124 Å². The van der Waals surface area contributed by atoms with Gasteiger partial charge in [0.05, 0.1) is 20.6 Å². The Morgan fingerprint density at radius 1 is 0.611 bits per heavy atom. The van der Waals surface area contributed by atoms with Gasteiger partial charge in [-0.15, -0.1) is 0 Å². The summed E-state index contributed by atoms with van der Waals surface area (Å²) in [5.74, 6) is 0. The topological polar surface area (TPSA) is 0 Å². The molecule has 0 saturated heterocycles. The van der Waals surface area contributed by atoms with E-state index in [2.05, 4.69) is 37.2 Å². The van der Waals surface area contributed by atoms with Gasteiger partial charge in [-0.1, -0.05) is 71.1 Å². The van der Waals surface area contributed by atoms with E-state index in [9.17, 15) is 0 Å². The number of rotatable bonds is 13. The molecule has 110 valence electrons. The Bertz CT molecular complexity index is 163. The zero-order valence-electron chi connectivity index (χ0n) is 13.0. The third-order valence-electron chi connectivity index (χ3n) is 3.54. The molecule has 0 aliphatic carbocycles. The van der Waals surface area contributed by atoms with Crippen molar-refractivity contribution in [1.29, 1.82) is 0 Å². The van der Waals surface area contributed by atoms with Gasteiger partial charge in [-0.25, -0.2) is 0 Å². The summed E-state index contributed by atoms with van der Waals surface area (Å²) in [7, 11) is 4.41. The van der Waals surface area contributed by atoms with Crippen LogP contribution in [0.4, 0.5) is 0 Å². The monoisotopic (exact) mass is 320 g/mol. The maximum Gasteiger partial charge on any atom is 0.226 e. The summed E-state index contributed by atoms with van der Waals surface area (Å²) in [6.45, 7) is 3.53. The van der Waals surface area contributed by atoms with Gasteiger partial charge >= 0.3 is 0 Å². The molecule has 0 aliphatic heterocycles. The van der Waals surface area contributed by atoms with E-state index in [1.807, 2.05) is 0 Å². The van der Waals surface area contributed by atoms with Crippen LogP contribution < -0.4 is 0 Å². The molecule has 0 aromatic heterocycles. The van der Waals surface area contributed by atoms with E-state index in [0.717, 1.165) is 3.51 Å². The van der Waals surface area contributed by atoms with Crippen molar-refractivity contribution in [2.75, 3.05) is 20.6 Å². The molecule has 0 bridgehead atoms. The van der Waals surface area contributed by atoms with Crippen molar-refractivity contribution in [3.8, 4) is 0 Å². The van der Waals surface area contributed by atoms with Crippen LogP contribution in [-0.2, 0) is 0 Å². The van der Waals surface area contributed by atoms with Crippen molar-refractivity contribution in [2.45, 2.75) is 84.0 Å². The minimum absolute atomic E-state index is 0.935. The molecule has 0 unspecified atom stereocenters. The van der Waals surface area contributed by atoms with E-state index in [1.54, 1.807) is 0 Å². The van der Waals surface area contributed by atoms with Gasteiger partial charge in [-0.3, -0.25) is 3.51 Å². The van der Waals surface area contributed by atoms with E-state index in [0.29, 0.717) is 0 Å². The first-order chi connectivity index (χ1) is 8.56. The molecular formula is C16H35BrN+. The second-order valence-electron chi connectivity index (χ2n) is 6.15. The number of hydrogen-bond acceptors (Lipinski definition) is 0. The molecule has 0 N–H and O–H groups in total. The molecule has 0 fully saturated rings. The minimum atomic E-state index is 0.935. The van der Waals surface area contributed by atoms with E-state index >= 15 is 0 Å². The third-order valence-corrected chi connectivity index (χ3v) is 3.90. The van der Waals surface area contributed by atoms with Gasteiger partial charge in [0.15, 0.2) is 0 Å². The van der Waals surface area contributed by atoms with Gasteiger partial charge in [-0.05, 0) is 12.8 Å². The van der Waals surface area contributed by atoms with Crippen LogP contribution in [0.2, 0.25) is 0 Å². The first kappa shape index (κ1) is 18.4. The molecule has 2 heteroatoms. The third kappa shape index (κ3) is 16.4. The molecule has 0 aliphatic rings. The molecule has 0 aromatic carbocycles. The van der Waals surface area contributed by atoms with Gasteiger partial charge in [0.1, 0.15) is 0 Å². The predicted octanol–water partition coefficient (Wildman–Crippen LogP) is 6.07. The van der Waals surface area contributed by atoms with Crippen LogP contribution in [0.5, 0.6) is 0 Å². The second-order valence-corrected chi connectivity index (χ2v) is 8.07. The van der Waals surface area contributed by atoms with E-state index < -0.39 is 0 Å². The molecule has 0 rings (SSSR count). The number of halogens is 1. The first-order valence-corrected chi connectivity index (χ1v) is 8.80. The van der Waals surface area contributed by atoms with Crippen molar-refractivity contribution in [3.05, 3.63) is 0 Å². The normalized spacial score (nSPS) is 12.0. The quantitative estimate of drug-likeness (QED) is 0.285. The van der Waals surface area contributed by atoms with E-state index in [-0.39, 0.29) is 0 Å². The molecular weight excluding hydrogens is 286 g/mol. The fraction of sp³-hybridized carbons (Fsp3) is 1.00. The zero-order valence-corrected chi connectivity index (χ0v) is 14.6. The van der Waals surface area contributed by atoms with Gasteiger partial charge < -0.3 is 0 Å². The summed E-state index contributed by atoms with van der Waals surface area (Å²) in [5.41, 5.74) is 0. The average Bonchev–Trinajstić information content (AvgIpc) is 2.29. The summed E-state index contributed by atoms with van der Waals surface area (Å²) >= 11 is 3.65. The maximum atomic E-state index is 3.65. The molecule has 0 amide bonds. The lowest BCUT2D eigenvalue weighted by molar-refractivity contribution is -0.734. The van der Waals surface area contributed by atoms with Crippen molar-refractivity contribution in [2.24, 2.45) is 0 Å². The largest absolute Gasteiger partial charge is 0.261 e. The van der Waals surface area contributed by atoms with Crippen LogP contribution >= 0.6 is 16.1 Å². The first-order valence-electron chi connectivity index (χ1n) is 8.09. The van der Waals surface area contributed by atoms with Crippen LogP contribution in [0.15, 0.2) is 0 Å². The highest BCUT2D eigenvalue weighted by Crippen LogP contribution is 2.13. The summed E-state index contributed by atoms with van der Waals surface area (Å²) < 4.78 is 0.935. The molecule has 0 saturated carbocycles. The van der Waals surface area contributed by atoms with Crippen LogP contribution in [0.25, 0.3) is 0 Å². The molecule has 0 spiro atoms. The number of hydrogen-bond donors (Lipinski definition) is 0. The smallest absolute Gasteiger partial charge is 0.226 e. The van der Waals surface area contributed by atoms with Crippen molar-refractivity contribution < 1.29 is 3.51 Å². The van der Waals surface area contributed by atoms with Crippen LogP contribution in [0.3, 0.4) is 0 Å². The Morgan fingerprint density at radius 3 is 1.28 bits per heavy atom. The lowest BCUT2D eigenvalue weighted by atomic mass is 10.1. The van der Waals surface area contributed by atoms with Crippen LogP contribution in [-0.4, -0.2) is 24.1 Å². The maximum absolute atomic E-state index is 3.65. The highest BCUT2D eigenvalue weighted by atomic mass is 79.9. The second kappa shape index (κ2) is 12.5. The van der Waals surface area contributed by atoms with Crippen LogP contribution in [0.1, 0.15) is 84.0 Å². The van der Waals surface area contributed by atoms with E-state index in [1.165, 1.54) is 83.6 Å². The molecule has 18 heavy (non-hydrogen) atoms. The van der Waals surface area contributed by atoms with Gasteiger partial charge in [0.25, 0.3) is 0 Å². The Balaban J connectivity index is 2.99. The highest BCUT2D eigenvalue weighted by Gasteiger charge is 2.08. The fourth-order valence-corrected chi connectivity index (χ4v) is 2.58. The van der Waals surface area contributed by atoms with Crippen LogP contribution in [0, 0.1) is 0 Å². The summed E-state index contributed by atoms with van der Waals surface area (Å²) in [6.07, 6.45) is 17.2. The van der Waals surface area contributed by atoms with Crippen molar-refractivity contribution in [3.63, 3.8) is 0 Å².